The number of carboxylic acid groups (broad SMARTS) is 1. The molecule has 0 saturated carbocycles. The quantitative estimate of drug-likeness (QED) is 0.794. The summed E-state index contributed by atoms with van der Waals surface area (Å²) in [4.78, 5) is 26.5. The Hall–Kier alpha value is -1.88. The second-order valence-corrected chi connectivity index (χ2v) is 5.29. The number of hydrogen-bond donors (Lipinski definition) is 1. The Morgan fingerprint density at radius 2 is 1.81 bits per heavy atom. The van der Waals surface area contributed by atoms with Crippen LogP contribution in [0.15, 0.2) is 30.3 Å². The molecular formula is C16H24N2O3. The average molecular weight is 292 g/mol. The molecular weight excluding hydrogens is 268 g/mol. The highest BCUT2D eigenvalue weighted by Gasteiger charge is 2.20. The van der Waals surface area contributed by atoms with Crippen molar-refractivity contribution in [2.75, 3.05) is 20.1 Å². The van der Waals surface area contributed by atoms with Crippen molar-refractivity contribution in [1.82, 2.24) is 9.80 Å². The molecule has 0 bridgehead atoms. The van der Waals surface area contributed by atoms with E-state index in [0.717, 1.165) is 12.0 Å². The van der Waals surface area contributed by atoms with Gasteiger partial charge in [-0.2, -0.15) is 0 Å². The molecule has 0 spiro atoms. The second-order valence-electron chi connectivity index (χ2n) is 5.29. The number of carboxylic acids is 1. The summed E-state index contributed by atoms with van der Waals surface area (Å²) in [7, 11) is 1.74. The van der Waals surface area contributed by atoms with E-state index >= 15 is 0 Å². The number of likely N-dealkylation sites (N-methyl/N-ethyl adjacent to an activating group) is 1. The first-order valence-corrected chi connectivity index (χ1v) is 7.17. The molecule has 1 amide bonds. The molecule has 0 heterocycles. The van der Waals surface area contributed by atoms with E-state index in [-0.39, 0.29) is 25.0 Å². The maximum absolute atomic E-state index is 12.3. The predicted octanol–water partition coefficient (Wildman–Crippen LogP) is 1.83. The van der Waals surface area contributed by atoms with Gasteiger partial charge in [0.25, 0.3) is 0 Å². The number of amides is 1. The Bertz CT molecular complexity index is 462. The topological polar surface area (TPSA) is 60.9 Å². The molecule has 0 aliphatic carbocycles. The Balaban J connectivity index is 2.61. The fraction of sp³-hybridized carbons (Fsp3) is 0.500. The van der Waals surface area contributed by atoms with E-state index in [1.54, 1.807) is 16.8 Å². The molecule has 1 atom stereocenters. The normalized spacial score (nSPS) is 12.2. The number of rotatable bonds is 8. The minimum absolute atomic E-state index is 0.0650. The van der Waals surface area contributed by atoms with Crippen molar-refractivity contribution < 1.29 is 14.7 Å². The van der Waals surface area contributed by atoms with Gasteiger partial charge < -0.3 is 10.0 Å². The third-order valence-corrected chi connectivity index (χ3v) is 3.58. The largest absolute Gasteiger partial charge is 0.480 e. The smallest absolute Gasteiger partial charge is 0.317 e. The lowest BCUT2D eigenvalue weighted by molar-refractivity contribution is -0.140. The summed E-state index contributed by atoms with van der Waals surface area (Å²) in [6, 6.07) is 9.80. The highest BCUT2D eigenvalue weighted by molar-refractivity contribution is 5.79. The van der Waals surface area contributed by atoms with Crippen LogP contribution in [0.4, 0.5) is 0 Å². The average Bonchev–Trinajstić information content (AvgIpc) is 2.46. The summed E-state index contributed by atoms with van der Waals surface area (Å²) in [5, 5.41) is 8.95. The minimum atomic E-state index is -0.909. The lowest BCUT2D eigenvalue weighted by Gasteiger charge is -2.28. The molecule has 1 N–H and O–H groups in total. The second kappa shape index (κ2) is 8.42. The molecule has 1 rings (SSSR count). The van der Waals surface area contributed by atoms with Crippen LogP contribution >= 0.6 is 0 Å². The molecule has 0 aliphatic rings. The van der Waals surface area contributed by atoms with Gasteiger partial charge in [0.2, 0.25) is 5.91 Å². The van der Waals surface area contributed by atoms with Crippen molar-refractivity contribution in [3.63, 3.8) is 0 Å². The Morgan fingerprint density at radius 3 is 2.33 bits per heavy atom. The standard InChI is InChI=1S/C16H24N2O3/c1-4-13(2)18(12-16(20)21)11-15(19)17(3)10-14-8-6-5-7-9-14/h5-9,13H,4,10-12H2,1-3H3,(H,20,21). The molecule has 0 radical (unpaired) electrons. The Morgan fingerprint density at radius 1 is 1.19 bits per heavy atom. The predicted molar refractivity (Wildman–Crippen MR) is 81.9 cm³/mol. The van der Waals surface area contributed by atoms with Gasteiger partial charge >= 0.3 is 5.97 Å². The van der Waals surface area contributed by atoms with Crippen molar-refractivity contribution in [3.05, 3.63) is 35.9 Å². The monoisotopic (exact) mass is 292 g/mol. The maximum atomic E-state index is 12.3. The van der Waals surface area contributed by atoms with Crippen LogP contribution < -0.4 is 0 Å². The van der Waals surface area contributed by atoms with Crippen LogP contribution in [0.2, 0.25) is 0 Å². The number of carbonyl (C=O) groups is 2. The van der Waals surface area contributed by atoms with E-state index < -0.39 is 5.97 Å². The maximum Gasteiger partial charge on any atom is 0.317 e. The zero-order valence-electron chi connectivity index (χ0n) is 13.0. The van der Waals surface area contributed by atoms with Crippen LogP contribution in [0.5, 0.6) is 0 Å². The molecule has 1 unspecified atom stereocenters. The highest BCUT2D eigenvalue weighted by Crippen LogP contribution is 2.07. The lowest BCUT2D eigenvalue weighted by Crippen LogP contribution is -2.44. The molecule has 5 nitrogen and oxygen atoms in total. The van der Waals surface area contributed by atoms with Gasteiger partial charge in [0.1, 0.15) is 0 Å². The number of aliphatic carboxylic acids is 1. The lowest BCUT2D eigenvalue weighted by atomic mass is 10.2. The first-order valence-electron chi connectivity index (χ1n) is 7.17. The molecule has 0 fully saturated rings. The van der Waals surface area contributed by atoms with E-state index in [2.05, 4.69) is 0 Å². The van der Waals surface area contributed by atoms with E-state index in [0.29, 0.717) is 6.54 Å². The summed E-state index contributed by atoms with van der Waals surface area (Å²) in [6.45, 7) is 4.47. The van der Waals surface area contributed by atoms with Gasteiger partial charge in [0.15, 0.2) is 0 Å². The van der Waals surface area contributed by atoms with Gasteiger partial charge in [0.05, 0.1) is 13.1 Å². The summed E-state index contributed by atoms with van der Waals surface area (Å²) < 4.78 is 0. The Labute approximate surface area is 126 Å². The van der Waals surface area contributed by atoms with Gasteiger partial charge in [0, 0.05) is 19.6 Å². The van der Waals surface area contributed by atoms with Crippen LogP contribution in [-0.2, 0) is 16.1 Å². The number of benzene rings is 1. The van der Waals surface area contributed by atoms with Crippen molar-refractivity contribution >= 4 is 11.9 Å². The van der Waals surface area contributed by atoms with Crippen molar-refractivity contribution in [2.45, 2.75) is 32.9 Å². The summed E-state index contributed by atoms with van der Waals surface area (Å²) >= 11 is 0. The number of nitrogens with zero attached hydrogens (tertiary/aromatic N) is 2. The third kappa shape index (κ3) is 5.95. The van der Waals surface area contributed by atoms with Crippen LogP contribution in [-0.4, -0.2) is 53.0 Å². The third-order valence-electron chi connectivity index (χ3n) is 3.58. The highest BCUT2D eigenvalue weighted by atomic mass is 16.4. The molecule has 116 valence electrons. The first kappa shape index (κ1) is 17.2. The van der Waals surface area contributed by atoms with Crippen LogP contribution in [0, 0.1) is 0 Å². The molecule has 5 heteroatoms. The van der Waals surface area contributed by atoms with E-state index in [9.17, 15) is 9.59 Å². The van der Waals surface area contributed by atoms with E-state index in [1.807, 2.05) is 44.2 Å². The number of carbonyl (C=O) groups excluding carboxylic acids is 1. The summed E-state index contributed by atoms with van der Waals surface area (Å²) in [5.74, 6) is -0.978. The van der Waals surface area contributed by atoms with Crippen LogP contribution in [0.25, 0.3) is 0 Å². The van der Waals surface area contributed by atoms with E-state index in [4.69, 9.17) is 5.11 Å². The first-order chi connectivity index (χ1) is 9.93. The Kier molecular flexibility index (Phi) is 6.88. The SMILES string of the molecule is CCC(C)N(CC(=O)O)CC(=O)N(C)Cc1ccccc1. The molecule has 21 heavy (non-hydrogen) atoms. The molecule has 1 aromatic rings. The summed E-state index contributed by atoms with van der Waals surface area (Å²) in [6.07, 6.45) is 0.808. The van der Waals surface area contributed by atoms with Crippen LogP contribution in [0.1, 0.15) is 25.8 Å². The van der Waals surface area contributed by atoms with Crippen LogP contribution in [0.3, 0.4) is 0 Å². The fourth-order valence-corrected chi connectivity index (χ4v) is 2.04. The van der Waals surface area contributed by atoms with Gasteiger partial charge in [-0.3, -0.25) is 14.5 Å². The molecule has 0 aliphatic heterocycles. The number of hydrogen-bond acceptors (Lipinski definition) is 3. The minimum Gasteiger partial charge on any atom is -0.480 e. The van der Waals surface area contributed by atoms with E-state index in [1.165, 1.54) is 0 Å². The molecule has 0 aromatic heterocycles. The van der Waals surface area contributed by atoms with Gasteiger partial charge in [-0.05, 0) is 18.9 Å². The van der Waals surface area contributed by atoms with Crippen molar-refractivity contribution in [2.24, 2.45) is 0 Å². The van der Waals surface area contributed by atoms with Gasteiger partial charge in [-0.15, -0.1) is 0 Å². The fourth-order valence-electron chi connectivity index (χ4n) is 2.04. The van der Waals surface area contributed by atoms with Crippen molar-refractivity contribution in [1.29, 1.82) is 0 Å². The van der Waals surface area contributed by atoms with Gasteiger partial charge in [-0.25, -0.2) is 0 Å². The zero-order valence-corrected chi connectivity index (χ0v) is 13.0. The molecule has 1 aromatic carbocycles. The van der Waals surface area contributed by atoms with Gasteiger partial charge in [-0.1, -0.05) is 37.3 Å². The summed E-state index contributed by atoms with van der Waals surface area (Å²) in [5.41, 5.74) is 1.06. The molecule has 0 saturated heterocycles. The zero-order chi connectivity index (χ0) is 15.8. The van der Waals surface area contributed by atoms with Crippen molar-refractivity contribution in [3.8, 4) is 0 Å².